The molecule has 0 amide bonds. The highest BCUT2D eigenvalue weighted by Crippen LogP contribution is 2.26. The zero-order valence-electron chi connectivity index (χ0n) is 9.40. The summed E-state index contributed by atoms with van der Waals surface area (Å²) in [6, 6.07) is 10.4. The van der Waals surface area contributed by atoms with Crippen molar-refractivity contribution in [1.82, 2.24) is 0 Å². The normalized spacial score (nSPS) is 11.3. The summed E-state index contributed by atoms with van der Waals surface area (Å²) < 4.78 is 40.9. The minimum Gasteiger partial charge on any atom is -0.279 e. The highest BCUT2D eigenvalue weighted by Gasteiger charge is 2.19. The van der Waals surface area contributed by atoms with Crippen molar-refractivity contribution in [2.45, 2.75) is 4.90 Å². The number of benzene rings is 2. The molecule has 0 unspecified atom stereocenters. The zero-order chi connectivity index (χ0) is 14.0. The lowest BCUT2D eigenvalue weighted by Gasteiger charge is -2.10. The van der Waals surface area contributed by atoms with E-state index in [0.717, 1.165) is 15.7 Å². The van der Waals surface area contributed by atoms with Crippen LogP contribution >= 0.6 is 38.5 Å². The summed E-state index contributed by atoms with van der Waals surface area (Å²) in [6.07, 6.45) is 0. The first kappa shape index (κ1) is 14.7. The molecule has 0 aliphatic heterocycles. The number of hydrogen-bond acceptors (Lipinski definition) is 2. The predicted molar refractivity (Wildman–Crippen MR) is 84.1 cm³/mol. The number of halogens is 3. The molecule has 0 saturated heterocycles. The van der Waals surface area contributed by atoms with E-state index in [2.05, 4.69) is 20.7 Å². The second-order valence-corrected chi connectivity index (χ2v) is 7.33. The molecule has 0 heterocycles. The molecule has 2 rings (SSSR count). The van der Waals surface area contributed by atoms with Gasteiger partial charge in [0.05, 0.1) is 5.69 Å². The lowest BCUT2D eigenvalue weighted by atomic mass is 10.3. The summed E-state index contributed by atoms with van der Waals surface area (Å²) in [5, 5.41) is 0. The molecule has 0 radical (unpaired) electrons. The molecule has 1 N–H and O–H groups in total. The van der Waals surface area contributed by atoms with Crippen LogP contribution in [0.2, 0.25) is 0 Å². The van der Waals surface area contributed by atoms with Gasteiger partial charge in [-0.05, 0) is 68.9 Å². The van der Waals surface area contributed by atoms with Crippen LogP contribution < -0.4 is 4.72 Å². The summed E-state index contributed by atoms with van der Waals surface area (Å²) in [4.78, 5) is -0.00597. The van der Waals surface area contributed by atoms with Gasteiger partial charge in [0.15, 0.2) is 0 Å². The van der Waals surface area contributed by atoms with Crippen LogP contribution in [-0.2, 0) is 10.0 Å². The lowest BCUT2D eigenvalue weighted by Crippen LogP contribution is -2.14. The van der Waals surface area contributed by atoms with Gasteiger partial charge in [0.2, 0.25) is 0 Å². The Hall–Kier alpha value is -0.670. The van der Waals surface area contributed by atoms with E-state index in [1.54, 1.807) is 18.2 Å². The summed E-state index contributed by atoms with van der Waals surface area (Å²) >= 11 is 5.09. The van der Waals surface area contributed by atoms with Gasteiger partial charge in [0, 0.05) is 8.04 Å². The Labute approximate surface area is 132 Å². The maximum Gasteiger partial charge on any atom is 0.263 e. The molecule has 0 aliphatic rings. The molecule has 0 aromatic heterocycles. The van der Waals surface area contributed by atoms with E-state index in [9.17, 15) is 12.8 Å². The van der Waals surface area contributed by atoms with E-state index in [1.165, 1.54) is 6.07 Å². The van der Waals surface area contributed by atoms with Crippen molar-refractivity contribution in [1.29, 1.82) is 0 Å². The van der Waals surface area contributed by atoms with Crippen LogP contribution in [0.15, 0.2) is 51.8 Å². The molecule has 2 aromatic rings. The number of para-hydroxylation sites is 1. The minimum absolute atomic E-state index is 0.00597. The van der Waals surface area contributed by atoms with Crippen LogP contribution in [-0.4, -0.2) is 8.42 Å². The van der Waals surface area contributed by atoms with Crippen molar-refractivity contribution < 1.29 is 12.8 Å². The fraction of sp³-hybridized carbons (Fsp3) is 0. The van der Waals surface area contributed by atoms with Gasteiger partial charge in [-0.15, -0.1) is 0 Å². The standard InChI is InChI=1S/C12H8BrFINO2S/c13-9-7-8(14)5-6-12(9)19(17,18)16-11-4-2-1-3-10(11)15/h1-7,16H. The fourth-order valence-corrected chi connectivity index (χ4v) is 4.27. The lowest BCUT2D eigenvalue weighted by molar-refractivity contribution is 0.599. The first-order chi connectivity index (χ1) is 8.90. The Bertz CT molecular complexity index is 721. The molecule has 7 heteroatoms. The van der Waals surface area contributed by atoms with Crippen LogP contribution in [0.5, 0.6) is 0 Å². The van der Waals surface area contributed by atoms with Gasteiger partial charge in [-0.2, -0.15) is 0 Å². The van der Waals surface area contributed by atoms with Crippen LogP contribution in [0.1, 0.15) is 0 Å². The van der Waals surface area contributed by atoms with Crippen molar-refractivity contribution in [2.75, 3.05) is 4.72 Å². The van der Waals surface area contributed by atoms with Gasteiger partial charge in [-0.3, -0.25) is 4.72 Å². The van der Waals surface area contributed by atoms with E-state index in [-0.39, 0.29) is 9.37 Å². The topological polar surface area (TPSA) is 46.2 Å². The Kier molecular flexibility index (Phi) is 4.46. The number of sulfonamides is 1. The van der Waals surface area contributed by atoms with Crippen molar-refractivity contribution in [2.24, 2.45) is 0 Å². The Morgan fingerprint density at radius 1 is 1.16 bits per heavy atom. The maximum atomic E-state index is 13.0. The molecule has 100 valence electrons. The molecule has 0 aliphatic carbocycles. The van der Waals surface area contributed by atoms with Crippen molar-refractivity contribution >= 4 is 54.2 Å². The van der Waals surface area contributed by atoms with Crippen molar-refractivity contribution in [3.8, 4) is 0 Å². The number of rotatable bonds is 3. The molecule has 0 atom stereocenters. The van der Waals surface area contributed by atoms with E-state index in [4.69, 9.17) is 0 Å². The van der Waals surface area contributed by atoms with Crippen LogP contribution in [0.25, 0.3) is 0 Å². The van der Waals surface area contributed by atoms with Crippen molar-refractivity contribution in [3.05, 3.63) is 56.3 Å². The predicted octanol–water partition coefficient (Wildman–Crippen LogP) is 3.99. The van der Waals surface area contributed by atoms with Gasteiger partial charge in [0.25, 0.3) is 10.0 Å². The first-order valence-electron chi connectivity index (χ1n) is 5.12. The Morgan fingerprint density at radius 3 is 2.47 bits per heavy atom. The first-order valence-corrected chi connectivity index (χ1v) is 8.48. The summed E-state index contributed by atoms with van der Waals surface area (Å²) in [6.45, 7) is 0. The van der Waals surface area contributed by atoms with E-state index in [1.807, 2.05) is 28.7 Å². The number of anilines is 1. The second kappa shape index (κ2) is 5.76. The fourth-order valence-electron chi connectivity index (χ4n) is 1.44. The van der Waals surface area contributed by atoms with Gasteiger partial charge >= 0.3 is 0 Å². The molecule has 2 aromatic carbocycles. The highest BCUT2D eigenvalue weighted by molar-refractivity contribution is 14.1. The van der Waals surface area contributed by atoms with E-state index < -0.39 is 15.8 Å². The molecule has 3 nitrogen and oxygen atoms in total. The third-order valence-electron chi connectivity index (χ3n) is 2.30. The summed E-state index contributed by atoms with van der Waals surface area (Å²) in [5.74, 6) is -0.500. The number of hydrogen-bond donors (Lipinski definition) is 1. The van der Waals surface area contributed by atoms with Crippen LogP contribution in [0.4, 0.5) is 10.1 Å². The zero-order valence-corrected chi connectivity index (χ0v) is 14.0. The van der Waals surface area contributed by atoms with Crippen LogP contribution in [0.3, 0.4) is 0 Å². The monoisotopic (exact) mass is 455 g/mol. The molecular formula is C12H8BrFINO2S. The van der Waals surface area contributed by atoms with Crippen LogP contribution in [0, 0.1) is 9.39 Å². The molecule has 19 heavy (non-hydrogen) atoms. The average molecular weight is 456 g/mol. The molecule has 0 fully saturated rings. The van der Waals surface area contributed by atoms with Gasteiger partial charge in [-0.1, -0.05) is 12.1 Å². The third-order valence-corrected chi connectivity index (χ3v) is 5.58. The second-order valence-electron chi connectivity index (χ2n) is 3.66. The Morgan fingerprint density at radius 2 is 1.84 bits per heavy atom. The number of nitrogens with one attached hydrogen (secondary N) is 1. The maximum absolute atomic E-state index is 13.0. The molecule has 0 saturated carbocycles. The van der Waals surface area contributed by atoms with Crippen molar-refractivity contribution in [3.63, 3.8) is 0 Å². The van der Waals surface area contributed by atoms with Gasteiger partial charge in [-0.25, -0.2) is 12.8 Å². The SMILES string of the molecule is O=S(=O)(Nc1ccccc1I)c1ccc(F)cc1Br. The average Bonchev–Trinajstić information content (AvgIpc) is 2.31. The molecule has 0 bridgehead atoms. The Balaban J connectivity index is 2.41. The van der Waals surface area contributed by atoms with E-state index in [0.29, 0.717) is 5.69 Å². The van der Waals surface area contributed by atoms with Gasteiger partial charge < -0.3 is 0 Å². The molecular weight excluding hydrogens is 448 g/mol. The quantitative estimate of drug-likeness (QED) is 0.711. The summed E-state index contributed by atoms with van der Waals surface area (Å²) in [5.41, 5.74) is 0.485. The minimum atomic E-state index is -3.75. The summed E-state index contributed by atoms with van der Waals surface area (Å²) in [7, 11) is -3.75. The largest absolute Gasteiger partial charge is 0.279 e. The van der Waals surface area contributed by atoms with Gasteiger partial charge in [0.1, 0.15) is 10.7 Å². The molecule has 0 spiro atoms. The van der Waals surface area contributed by atoms with E-state index >= 15 is 0 Å². The highest BCUT2D eigenvalue weighted by atomic mass is 127. The third kappa shape index (κ3) is 3.46. The smallest absolute Gasteiger partial charge is 0.263 e.